The van der Waals surface area contributed by atoms with Crippen LogP contribution in [0.3, 0.4) is 0 Å². The van der Waals surface area contributed by atoms with E-state index in [1.165, 1.54) is 0 Å². The molecule has 4 heteroatoms. The highest BCUT2D eigenvalue weighted by Crippen LogP contribution is 2.38. The van der Waals surface area contributed by atoms with E-state index in [1.54, 1.807) is 20.4 Å². The van der Waals surface area contributed by atoms with Crippen molar-refractivity contribution in [3.8, 4) is 11.5 Å². The molecule has 0 saturated carbocycles. The average Bonchev–Trinajstić information content (AvgIpc) is 2.53. The van der Waals surface area contributed by atoms with Gasteiger partial charge in [0, 0.05) is 23.9 Å². The van der Waals surface area contributed by atoms with Gasteiger partial charge in [-0.1, -0.05) is 19.1 Å². The molecule has 0 aliphatic heterocycles. The van der Waals surface area contributed by atoms with Gasteiger partial charge >= 0.3 is 0 Å². The molecule has 1 aromatic heterocycles. The van der Waals surface area contributed by atoms with Crippen molar-refractivity contribution in [3.05, 3.63) is 53.9 Å². The highest BCUT2D eigenvalue weighted by molar-refractivity contribution is 5.48. The number of hydrogen-bond acceptors (Lipinski definition) is 4. The fraction of sp³-hybridized carbons (Fsp3) is 0.312. The summed E-state index contributed by atoms with van der Waals surface area (Å²) in [7, 11) is 3.27. The number of pyridine rings is 1. The minimum Gasteiger partial charge on any atom is -0.496 e. The highest BCUT2D eigenvalue weighted by Gasteiger charge is 2.24. The van der Waals surface area contributed by atoms with E-state index < -0.39 is 0 Å². The van der Waals surface area contributed by atoms with E-state index in [2.05, 4.69) is 11.9 Å². The van der Waals surface area contributed by atoms with Gasteiger partial charge in [-0.2, -0.15) is 0 Å². The van der Waals surface area contributed by atoms with Crippen molar-refractivity contribution in [1.82, 2.24) is 4.98 Å². The zero-order valence-corrected chi connectivity index (χ0v) is 12.0. The molecule has 0 saturated heterocycles. The minimum absolute atomic E-state index is 0.0569. The van der Waals surface area contributed by atoms with Crippen LogP contribution in [-0.2, 0) is 0 Å². The Hall–Kier alpha value is -2.07. The Morgan fingerprint density at radius 3 is 2.15 bits per heavy atom. The van der Waals surface area contributed by atoms with Crippen LogP contribution in [0.4, 0.5) is 0 Å². The lowest BCUT2D eigenvalue weighted by molar-refractivity contribution is 0.373. The Morgan fingerprint density at radius 2 is 1.65 bits per heavy atom. The number of ether oxygens (including phenoxy) is 2. The first-order chi connectivity index (χ1) is 9.69. The van der Waals surface area contributed by atoms with E-state index in [-0.39, 0.29) is 12.0 Å². The zero-order valence-electron chi connectivity index (χ0n) is 12.0. The summed E-state index contributed by atoms with van der Waals surface area (Å²) >= 11 is 0. The van der Waals surface area contributed by atoms with E-state index in [9.17, 15) is 0 Å². The van der Waals surface area contributed by atoms with Crippen LogP contribution in [-0.4, -0.2) is 19.2 Å². The monoisotopic (exact) mass is 272 g/mol. The fourth-order valence-corrected chi connectivity index (χ4v) is 2.29. The van der Waals surface area contributed by atoms with Gasteiger partial charge in [0.1, 0.15) is 11.5 Å². The summed E-state index contributed by atoms with van der Waals surface area (Å²) in [6.07, 6.45) is 1.78. The third kappa shape index (κ3) is 2.75. The summed E-state index contributed by atoms with van der Waals surface area (Å²) < 4.78 is 10.8. The normalized spacial score (nSPS) is 13.6. The average molecular weight is 272 g/mol. The SMILES string of the molecule is COc1cccc(OC)c1C(N)C(C)c1ccccn1. The molecule has 2 unspecified atom stereocenters. The first-order valence-electron chi connectivity index (χ1n) is 6.56. The molecule has 20 heavy (non-hydrogen) atoms. The van der Waals surface area contributed by atoms with Crippen molar-refractivity contribution < 1.29 is 9.47 Å². The Bertz CT molecular complexity index is 535. The molecule has 0 aliphatic rings. The highest BCUT2D eigenvalue weighted by atomic mass is 16.5. The van der Waals surface area contributed by atoms with Crippen LogP contribution in [0.25, 0.3) is 0 Å². The molecule has 2 rings (SSSR count). The van der Waals surface area contributed by atoms with Gasteiger partial charge in [-0.3, -0.25) is 4.98 Å². The molecule has 0 fully saturated rings. The quantitative estimate of drug-likeness (QED) is 0.909. The number of hydrogen-bond donors (Lipinski definition) is 1. The first kappa shape index (κ1) is 14.3. The van der Waals surface area contributed by atoms with E-state index in [4.69, 9.17) is 15.2 Å². The van der Waals surface area contributed by atoms with Crippen LogP contribution in [0.2, 0.25) is 0 Å². The molecule has 0 spiro atoms. The Labute approximate surface area is 119 Å². The second-order valence-electron chi connectivity index (χ2n) is 4.65. The third-order valence-corrected chi connectivity index (χ3v) is 3.49. The summed E-state index contributed by atoms with van der Waals surface area (Å²) in [6, 6.07) is 11.3. The van der Waals surface area contributed by atoms with Crippen molar-refractivity contribution in [3.63, 3.8) is 0 Å². The van der Waals surface area contributed by atoms with Crippen LogP contribution >= 0.6 is 0 Å². The van der Waals surface area contributed by atoms with Crippen LogP contribution < -0.4 is 15.2 Å². The maximum atomic E-state index is 6.42. The molecule has 1 heterocycles. The summed E-state index contributed by atoms with van der Waals surface area (Å²) in [5, 5.41) is 0. The van der Waals surface area contributed by atoms with Crippen molar-refractivity contribution in [2.45, 2.75) is 18.9 Å². The summed E-state index contributed by atoms with van der Waals surface area (Å²) in [5.74, 6) is 1.53. The topological polar surface area (TPSA) is 57.4 Å². The van der Waals surface area contributed by atoms with Gasteiger partial charge in [0.25, 0.3) is 0 Å². The number of nitrogens with zero attached hydrogens (tertiary/aromatic N) is 1. The van der Waals surface area contributed by atoms with E-state index >= 15 is 0 Å². The van der Waals surface area contributed by atoms with Gasteiger partial charge in [0.2, 0.25) is 0 Å². The molecule has 0 amide bonds. The molecule has 2 atom stereocenters. The lowest BCUT2D eigenvalue weighted by Gasteiger charge is -2.23. The van der Waals surface area contributed by atoms with Gasteiger partial charge in [-0.15, -0.1) is 0 Å². The zero-order chi connectivity index (χ0) is 14.5. The van der Waals surface area contributed by atoms with Crippen LogP contribution in [0, 0.1) is 0 Å². The van der Waals surface area contributed by atoms with Gasteiger partial charge in [0.05, 0.1) is 19.8 Å². The molecule has 106 valence electrons. The predicted molar refractivity (Wildman–Crippen MR) is 79.1 cm³/mol. The second-order valence-corrected chi connectivity index (χ2v) is 4.65. The molecule has 2 aromatic rings. The van der Waals surface area contributed by atoms with E-state index in [1.807, 2.05) is 36.4 Å². The second kappa shape index (κ2) is 6.39. The molecule has 1 aromatic carbocycles. The van der Waals surface area contributed by atoms with Crippen LogP contribution in [0.15, 0.2) is 42.6 Å². The van der Waals surface area contributed by atoms with Gasteiger partial charge in [-0.25, -0.2) is 0 Å². The van der Waals surface area contributed by atoms with Gasteiger partial charge < -0.3 is 15.2 Å². The molecular formula is C16H20N2O2. The van der Waals surface area contributed by atoms with Crippen molar-refractivity contribution >= 4 is 0 Å². The van der Waals surface area contributed by atoms with Gasteiger partial charge in [-0.05, 0) is 24.3 Å². The Morgan fingerprint density at radius 1 is 1.00 bits per heavy atom. The number of nitrogens with two attached hydrogens (primary N) is 1. The Balaban J connectivity index is 2.40. The summed E-state index contributed by atoms with van der Waals surface area (Å²) in [6.45, 7) is 2.05. The fourth-order valence-electron chi connectivity index (χ4n) is 2.29. The lowest BCUT2D eigenvalue weighted by Crippen LogP contribution is -2.20. The van der Waals surface area contributed by atoms with E-state index in [0.29, 0.717) is 0 Å². The Kier molecular flexibility index (Phi) is 4.58. The van der Waals surface area contributed by atoms with Crippen molar-refractivity contribution in [1.29, 1.82) is 0 Å². The molecule has 2 N–H and O–H groups in total. The van der Waals surface area contributed by atoms with Crippen LogP contribution in [0.5, 0.6) is 11.5 Å². The molecule has 0 radical (unpaired) electrons. The molecule has 0 bridgehead atoms. The van der Waals surface area contributed by atoms with Gasteiger partial charge in [0.15, 0.2) is 0 Å². The summed E-state index contributed by atoms with van der Waals surface area (Å²) in [4.78, 5) is 4.37. The van der Waals surface area contributed by atoms with Crippen molar-refractivity contribution in [2.24, 2.45) is 5.73 Å². The van der Waals surface area contributed by atoms with Crippen molar-refractivity contribution in [2.75, 3.05) is 14.2 Å². The number of aromatic nitrogens is 1. The first-order valence-corrected chi connectivity index (χ1v) is 6.56. The largest absolute Gasteiger partial charge is 0.496 e. The number of benzene rings is 1. The number of rotatable bonds is 5. The smallest absolute Gasteiger partial charge is 0.127 e. The predicted octanol–water partition coefficient (Wildman–Crippen LogP) is 2.90. The molecule has 4 nitrogen and oxygen atoms in total. The van der Waals surface area contributed by atoms with E-state index in [0.717, 1.165) is 22.8 Å². The maximum absolute atomic E-state index is 6.42. The standard InChI is InChI=1S/C16H20N2O2/c1-11(12-7-4-5-10-18-12)16(17)15-13(19-2)8-6-9-14(15)20-3/h4-11,16H,17H2,1-3H3. The molecule has 0 aliphatic carbocycles. The summed E-state index contributed by atoms with van der Waals surface area (Å²) in [5.41, 5.74) is 8.25. The number of methoxy groups -OCH3 is 2. The lowest BCUT2D eigenvalue weighted by atomic mass is 9.91. The maximum Gasteiger partial charge on any atom is 0.127 e. The van der Waals surface area contributed by atoms with Crippen LogP contribution in [0.1, 0.15) is 30.1 Å². The third-order valence-electron chi connectivity index (χ3n) is 3.49. The minimum atomic E-state index is -0.254. The molecular weight excluding hydrogens is 252 g/mol.